The first-order valence-electron chi connectivity index (χ1n) is 8.87. The zero-order chi connectivity index (χ0) is 18.4. The molecule has 7 nitrogen and oxygen atoms in total. The third-order valence-corrected chi connectivity index (χ3v) is 6.42. The van der Waals surface area contributed by atoms with E-state index < -0.39 is 10.0 Å². The van der Waals surface area contributed by atoms with Crippen molar-refractivity contribution in [2.75, 3.05) is 19.6 Å². The van der Waals surface area contributed by atoms with Gasteiger partial charge in [-0.05, 0) is 31.2 Å². The number of H-pyrrole nitrogens is 1. The summed E-state index contributed by atoms with van der Waals surface area (Å²) in [7, 11) is -3.61. The fourth-order valence-electron chi connectivity index (χ4n) is 3.19. The molecule has 1 aromatic heterocycles. The molecule has 1 aliphatic rings. The van der Waals surface area contributed by atoms with Gasteiger partial charge in [-0.2, -0.15) is 4.31 Å². The fourth-order valence-corrected chi connectivity index (χ4v) is 4.61. The van der Waals surface area contributed by atoms with E-state index in [0.717, 1.165) is 12.8 Å². The Morgan fingerprint density at radius 1 is 1.31 bits per heavy atom. The number of carbonyl (C=O) groups is 1. The Hall–Kier alpha value is -2.19. The smallest absolute Gasteiger partial charge is 0.260 e. The number of hydrogen-bond acceptors (Lipinski definition) is 4. The molecule has 0 saturated carbocycles. The van der Waals surface area contributed by atoms with Gasteiger partial charge in [0.05, 0.1) is 18.4 Å². The maximum absolute atomic E-state index is 12.6. The number of aryl methyl sites for hydroxylation is 1. The molecule has 2 N–H and O–H groups in total. The molecule has 2 heterocycles. The molecule has 1 saturated heterocycles. The molecule has 0 aliphatic carbocycles. The third-order valence-electron chi connectivity index (χ3n) is 4.63. The van der Waals surface area contributed by atoms with Crippen molar-refractivity contribution >= 4 is 15.9 Å². The molecule has 1 aliphatic heterocycles. The number of hydrogen-bond donors (Lipinski definition) is 2. The minimum Gasteiger partial charge on any atom is -0.356 e. The van der Waals surface area contributed by atoms with Gasteiger partial charge in [-0.25, -0.2) is 13.4 Å². The summed E-state index contributed by atoms with van der Waals surface area (Å²) in [4.78, 5) is 18.8. The van der Waals surface area contributed by atoms with Crippen LogP contribution in [0.25, 0.3) is 0 Å². The Labute approximate surface area is 153 Å². The summed E-state index contributed by atoms with van der Waals surface area (Å²) >= 11 is 0. The predicted octanol–water partition coefficient (Wildman–Crippen LogP) is 1.56. The van der Waals surface area contributed by atoms with Gasteiger partial charge in [0, 0.05) is 19.6 Å². The van der Waals surface area contributed by atoms with Crippen LogP contribution >= 0.6 is 0 Å². The van der Waals surface area contributed by atoms with E-state index >= 15 is 0 Å². The van der Waals surface area contributed by atoms with Gasteiger partial charge in [0.2, 0.25) is 5.91 Å². The van der Waals surface area contributed by atoms with Crippen LogP contribution in [0.3, 0.4) is 0 Å². The zero-order valence-corrected chi connectivity index (χ0v) is 15.4. The van der Waals surface area contributed by atoms with Crippen molar-refractivity contribution in [3.8, 4) is 0 Å². The second kappa shape index (κ2) is 8.46. The lowest BCUT2D eigenvalue weighted by Crippen LogP contribution is -2.45. The van der Waals surface area contributed by atoms with Crippen LogP contribution in [-0.4, -0.2) is 48.2 Å². The molecule has 1 fully saturated rings. The number of aromatic amines is 1. The van der Waals surface area contributed by atoms with E-state index in [1.807, 2.05) is 18.2 Å². The number of imidazole rings is 1. The van der Waals surface area contributed by atoms with Crippen molar-refractivity contribution in [1.29, 1.82) is 0 Å². The molecule has 140 valence electrons. The highest BCUT2D eigenvalue weighted by Gasteiger charge is 2.33. The standard InChI is InChI=1S/C18H24N4O3S/c23-18(20-10-4-8-15-6-2-1-3-7-15)16-9-5-11-22(13-16)26(24,25)17-12-19-14-21-17/h1-3,6-7,12,14,16H,4-5,8-11,13H2,(H,19,21)(H,20,23)/t16-/m0/s1. The number of nitrogens with zero attached hydrogens (tertiary/aromatic N) is 2. The quantitative estimate of drug-likeness (QED) is 0.717. The molecule has 1 atom stereocenters. The van der Waals surface area contributed by atoms with E-state index in [4.69, 9.17) is 0 Å². The van der Waals surface area contributed by atoms with Crippen molar-refractivity contribution in [3.63, 3.8) is 0 Å². The third kappa shape index (κ3) is 4.50. The average Bonchev–Trinajstić information content (AvgIpc) is 3.22. The number of nitrogens with one attached hydrogen (secondary N) is 2. The van der Waals surface area contributed by atoms with Crippen LogP contribution in [0.4, 0.5) is 0 Å². The number of rotatable bonds is 7. The minimum atomic E-state index is -3.61. The van der Waals surface area contributed by atoms with Crippen LogP contribution in [0, 0.1) is 5.92 Å². The summed E-state index contributed by atoms with van der Waals surface area (Å²) in [6, 6.07) is 10.1. The predicted molar refractivity (Wildman–Crippen MR) is 97.8 cm³/mol. The Bertz CT molecular complexity index is 806. The number of carbonyl (C=O) groups excluding carboxylic acids is 1. The van der Waals surface area contributed by atoms with E-state index in [1.165, 1.54) is 22.4 Å². The number of amides is 1. The van der Waals surface area contributed by atoms with Crippen molar-refractivity contribution in [3.05, 3.63) is 48.4 Å². The first-order valence-corrected chi connectivity index (χ1v) is 10.3. The lowest BCUT2D eigenvalue weighted by molar-refractivity contribution is -0.126. The number of piperidine rings is 1. The van der Waals surface area contributed by atoms with E-state index in [-0.39, 0.29) is 23.4 Å². The molecule has 3 rings (SSSR count). The van der Waals surface area contributed by atoms with Gasteiger partial charge in [-0.1, -0.05) is 30.3 Å². The Balaban J connectivity index is 1.49. The highest BCUT2D eigenvalue weighted by atomic mass is 32.2. The summed E-state index contributed by atoms with van der Waals surface area (Å²) in [5.41, 5.74) is 1.25. The molecule has 2 aromatic rings. The molecule has 1 aromatic carbocycles. The number of aromatic nitrogens is 2. The lowest BCUT2D eigenvalue weighted by Gasteiger charge is -2.30. The average molecular weight is 376 g/mol. The van der Waals surface area contributed by atoms with E-state index in [9.17, 15) is 13.2 Å². The second-order valence-corrected chi connectivity index (χ2v) is 8.40. The molecular weight excluding hydrogens is 352 g/mol. The maximum atomic E-state index is 12.6. The van der Waals surface area contributed by atoms with Crippen LogP contribution in [0.15, 0.2) is 47.9 Å². The van der Waals surface area contributed by atoms with Crippen LogP contribution < -0.4 is 5.32 Å². The van der Waals surface area contributed by atoms with Crippen molar-refractivity contribution < 1.29 is 13.2 Å². The van der Waals surface area contributed by atoms with Crippen LogP contribution in [0.5, 0.6) is 0 Å². The molecule has 0 radical (unpaired) electrons. The molecule has 26 heavy (non-hydrogen) atoms. The van der Waals surface area contributed by atoms with Crippen molar-refractivity contribution in [1.82, 2.24) is 19.6 Å². The van der Waals surface area contributed by atoms with Gasteiger partial charge < -0.3 is 10.3 Å². The highest BCUT2D eigenvalue weighted by molar-refractivity contribution is 7.89. The first kappa shape index (κ1) is 18.6. The highest BCUT2D eigenvalue weighted by Crippen LogP contribution is 2.22. The van der Waals surface area contributed by atoms with Gasteiger partial charge in [0.25, 0.3) is 10.0 Å². The Morgan fingerprint density at radius 2 is 2.12 bits per heavy atom. The molecule has 0 spiro atoms. The van der Waals surface area contributed by atoms with Crippen molar-refractivity contribution in [2.24, 2.45) is 5.92 Å². The topological polar surface area (TPSA) is 95.2 Å². The fraction of sp³-hybridized carbons (Fsp3) is 0.444. The van der Waals surface area contributed by atoms with Crippen LogP contribution in [-0.2, 0) is 21.2 Å². The van der Waals surface area contributed by atoms with Gasteiger partial charge in [0.15, 0.2) is 5.03 Å². The molecule has 1 amide bonds. The Kier molecular flexibility index (Phi) is 6.05. The largest absolute Gasteiger partial charge is 0.356 e. The van der Waals surface area contributed by atoms with Crippen molar-refractivity contribution in [2.45, 2.75) is 30.7 Å². The van der Waals surface area contributed by atoms with Gasteiger partial charge in [0.1, 0.15) is 0 Å². The molecular formula is C18H24N4O3S. The van der Waals surface area contributed by atoms with Gasteiger partial charge in [-0.3, -0.25) is 4.79 Å². The summed E-state index contributed by atoms with van der Waals surface area (Å²) < 4.78 is 26.5. The van der Waals surface area contributed by atoms with E-state index in [2.05, 4.69) is 27.4 Å². The maximum Gasteiger partial charge on any atom is 0.260 e. The zero-order valence-electron chi connectivity index (χ0n) is 14.6. The van der Waals surface area contributed by atoms with E-state index in [1.54, 1.807) is 0 Å². The number of sulfonamides is 1. The Morgan fingerprint density at radius 3 is 2.85 bits per heavy atom. The van der Waals surface area contributed by atoms with Gasteiger partial charge in [-0.15, -0.1) is 0 Å². The molecule has 0 bridgehead atoms. The molecule has 0 unspecified atom stereocenters. The minimum absolute atomic E-state index is 0.0671. The SMILES string of the molecule is O=C(NCCCc1ccccc1)[C@H]1CCCN(S(=O)(=O)c2cnc[nH]2)C1. The normalized spacial score (nSPS) is 18.5. The van der Waals surface area contributed by atoms with Crippen LogP contribution in [0.1, 0.15) is 24.8 Å². The summed E-state index contributed by atoms with van der Waals surface area (Å²) in [6.45, 7) is 1.24. The second-order valence-electron chi connectivity index (χ2n) is 6.50. The summed E-state index contributed by atoms with van der Waals surface area (Å²) in [6.07, 6.45) is 5.79. The lowest BCUT2D eigenvalue weighted by atomic mass is 9.99. The first-order chi connectivity index (χ1) is 12.6. The van der Waals surface area contributed by atoms with Crippen LogP contribution in [0.2, 0.25) is 0 Å². The van der Waals surface area contributed by atoms with E-state index in [0.29, 0.717) is 25.9 Å². The summed E-state index contributed by atoms with van der Waals surface area (Å²) in [5, 5.41) is 3.02. The number of benzene rings is 1. The molecule has 8 heteroatoms. The summed E-state index contributed by atoms with van der Waals surface area (Å²) in [5.74, 6) is -0.374. The monoisotopic (exact) mass is 376 g/mol. The van der Waals surface area contributed by atoms with Gasteiger partial charge >= 0.3 is 0 Å².